The van der Waals surface area contributed by atoms with E-state index in [9.17, 15) is 32.8 Å². The standard InChI is InChI=1S/C44H53F2N11O5/c1-53-19-16-26(17-20-53)32-18-21-55-40(49-32)31(22-47-55)41(59)50-34-24-56(52-38(34)39(45)46)29-10-6-25(7-11-29)23-54(2)28-12-8-27(9-13-28)48-33-5-3-4-30-37(33)44(62)57(43(30)61)35-14-15-36(58)51-42(35)60/h3-5,18,21-22,24-29,35,39,48H,6-17,19-20,23H2,1-2H3,(H,50,59)(H,51,58,60). The SMILES string of the molecule is CN1CCC(c2ccn3ncc(C(=O)Nc4cn(C5CCC(CN(C)C6CCC(Nc7cccc8c7C(=O)N(C7CCC(=O)NC7=O)C8=O)CC6)CC5)nc4C(F)F)c3n2)CC1. The van der Waals surface area contributed by atoms with Crippen molar-refractivity contribution < 1.29 is 32.8 Å². The Hall–Kier alpha value is -5.62. The number of fused-ring (bicyclic) bond motifs is 2. The smallest absolute Gasteiger partial charge is 0.284 e. The van der Waals surface area contributed by atoms with E-state index in [1.807, 2.05) is 6.07 Å². The van der Waals surface area contributed by atoms with E-state index < -0.39 is 47.7 Å². The number of hydrogen-bond acceptors (Lipinski definition) is 11. The van der Waals surface area contributed by atoms with E-state index in [4.69, 9.17) is 4.98 Å². The maximum atomic E-state index is 14.3. The lowest BCUT2D eigenvalue weighted by molar-refractivity contribution is -0.136. The lowest BCUT2D eigenvalue weighted by atomic mass is 9.84. The number of aromatic nitrogens is 5. The van der Waals surface area contributed by atoms with Gasteiger partial charge in [0.25, 0.3) is 24.1 Å². The van der Waals surface area contributed by atoms with Crippen molar-refractivity contribution in [2.75, 3.05) is 44.4 Å². The van der Waals surface area contributed by atoms with Crippen molar-refractivity contribution in [1.29, 1.82) is 0 Å². The van der Waals surface area contributed by atoms with Gasteiger partial charge in [0, 0.05) is 54.7 Å². The minimum atomic E-state index is -2.87. The Bertz CT molecular complexity index is 2380. The molecule has 6 heterocycles. The van der Waals surface area contributed by atoms with Crippen LogP contribution in [0.25, 0.3) is 5.65 Å². The Morgan fingerprint density at radius 3 is 2.42 bits per heavy atom. The van der Waals surface area contributed by atoms with E-state index in [-0.39, 0.29) is 53.2 Å². The molecule has 16 nitrogen and oxygen atoms in total. The first kappa shape index (κ1) is 41.7. The van der Waals surface area contributed by atoms with Crippen molar-refractivity contribution in [1.82, 2.24) is 44.4 Å². The molecule has 0 spiro atoms. The topological polar surface area (TPSA) is 179 Å². The highest BCUT2D eigenvalue weighted by Gasteiger charge is 2.46. The number of imide groups is 2. The van der Waals surface area contributed by atoms with Crippen molar-refractivity contribution in [3.8, 4) is 0 Å². The number of hydrogen-bond donors (Lipinski definition) is 3. The molecule has 9 rings (SSSR count). The Balaban J connectivity index is 0.766. The summed E-state index contributed by atoms with van der Waals surface area (Å²) in [5, 5.41) is 17.1. The largest absolute Gasteiger partial charge is 0.382 e. The molecule has 0 bridgehead atoms. The number of amides is 5. The molecular weight excluding hydrogens is 801 g/mol. The number of likely N-dealkylation sites (tertiary alicyclic amines) is 1. The number of nitrogens with one attached hydrogen (secondary N) is 3. The van der Waals surface area contributed by atoms with E-state index in [1.165, 1.54) is 16.9 Å². The van der Waals surface area contributed by atoms with Gasteiger partial charge in [-0.3, -0.25) is 38.9 Å². The highest BCUT2D eigenvalue weighted by molar-refractivity contribution is 6.25. The van der Waals surface area contributed by atoms with Gasteiger partial charge in [-0.05, 0) is 122 Å². The molecule has 5 aliphatic rings. The van der Waals surface area contributed by atoms with Crippen molar-refractivity contribution in [3.63, 3.8) is 0 Å². The molecule has 4 aromatic rings. The predicted octanol–water partition coefficient (Wildman–Crippen LogP) is 5.41. The van der Waals surface area contributed by atoms with Gasteiger partial charge < -0.3 is 20.4 Å². The zero-order valence-corrected chi connectivity index (χ0v) is 35.1. The monoisotopic (exact) mass is 853 g/mol. The number of halogens is 2. The number of piperidine rings is 2. The minimum Gasteiger partial charge on any atom is -0.382 e. The number of alkyl halides is 2. The van der Waals surface area contributed by atoms with Crippen molar-refractivity contribution in [3.05, 3.63) is 70.9 Å². The van der Waals surface area contributed by atoms with Crippen LogP contribution in [0.2, 0.25) is 0 Å². The molecule has 5 amide bonds. The Labute approximate surface area is 357 Å². The summed E-state index contributed by atoms with van der Waals surface area (Å²) < 4.78 is 31.8. The number of anilines is 2. The summed E-state index contributed by atoms with van der Waals surface area (Å²) in [6.45, 7) is 2.86. The molecule has 62 heavy (non-hydrogen) atoms. The second kappa shape index (κ2) is 17.3. The van der Waals surface area contributed by atoms with Gasteiger partial charge in [0.2, 0.25) is 11.8 Å². The molecule has 0 radical (unpaired) electrons. The average Bonchev–Trinajstić information content (AvgIpc) is 3.96. The van der Waals surface area contributed by atoms with Crippen LogP contribution in [-0.2, 0) is 9.59 Å². The van der Waals surface area contributed by atoms with Crippen molar-refractivity contribution in [2.45, 2.75) is 114 Å². The number of carbonyl (C=O) groups is 5. The van der Waals surface area contributed by atoms with Gasteiger partial charge in [0.15, 0.2) is 11.3 Å². The number of carbonyl (C=O) groups excluding carboxylic acids is 5. The Morgan fingerprint density at radius 2 is 1.69 bits per heavy atom. The second-order valence-corrected chi connectivity index (χ2v) is 17.9. The third kappa shape index (κ3) is 8.21. The summed E-state index contributed by atoms with van der Waals surface area (Å²) in [6, 6.07) is 6.49. The fourth-order valence-electron chi connectivity index (χ4n) is 10.3. The van der Waals surface area contributed by atoms with E-state index in [2.05, 4.69) is 50.0 Å². The molecule has 328 valence electrons. The van der Waals surface area contributed by atoms with Crippen LogP contribution in [0, 0.1) is 5.92 Å². The summed E-state index contributed by atoms with van der Waals surface area (Å²) in [5.74, 6) is -1.91. The second-order valence-electron chi connectivity index (χ2n) is 17.9. The van der Waals surface area contributed by atoms with Gasteiger partial charge >= 0.3 is 0 Å². The molecule has 18 heteroatoms. The van der Waals surface area contributed by atoms with Crippen LogP contribution in [0.5, 0.6) is 0 Å². The Kier molecular flexibility index (Phi) is 11.6. The molecular formula is C44H53F2N11O5. The van der Waals surface area contributed by atoms with Crippen LogP contribution in [-0.4, -0.2) is 120 Å². The van der Waals surface area contributed by atoms with Crippen LogP contribution in [0.3, 0.4) is 0 Å². The highest BCUT2D eigenvalue weighted by Crippen LogP contribution is 2.38. The third-order valence-electron chi connectivity index (χ3n) is 13.9. The van der Waals surface area contributed by atoms with E-state index in [0.29, 0.717) is 23.3 Å². The molecule has 3 aromatic heterocycles. The fourth-order valence-corrected chi connectivity index (χ4v) is 10.3. The van der Waals surface area contributed by atoms with E-state index >= 15 is 0 Å². The third-order valence-corrected chi connectivity index (χ3v) is 13.9. The summed E-state index contributed by atoms with van der Waals surface area (Å²) in [6.07, 6.45) is 11.1. The Morgan fingerprint density at radius 1 is 0.935 bits per heavy atom. The number of rotatable bonds is 11. The summed E-state index contributed by atoms with van der Waals surface area (Å²) in [4.78, 5) is 75.2. The molecule has 1 unspecified atom stereocenters. The lowest BCUT2D eigenvalue weighted by Crippen LogP contribution is -2.54. The molecule has 3 aliphatic heterocycles. The summed E-state index contributed by atoms with van der Waals surface area (Å²) in [7, 11) is 4.26. The number of benzene rings is 1. The molecule has 2 aliphatic carbocycles. The quantitative estimate of drug-likeness (QED) is 0.164. The van der Waals surface area contributed by atoms with Crippen LogP contribution in [0.15, 0.2) is 42.9 Å². The number of nitrogens with zero attached hydrogens (tertiary/aromatic N) is 8. The lowest BCUT2D eigenvalue weighted by Gasteiger charge is -2.38. The molecule has 4 fully saturated rings. The molecule has 1 aromatic carbocycles. The van der Waals surface area contributed by atoms with Gasteiger partial charge in [-0.2, -0.15) is 10.2 Å². The molecule has 1 atom stereocenters. The first-order chi connectivity index (χ1) is 29.9. The molecule has 2 saturated carbocycles. The van der Waals surface area contributed by atoms with E-state index in [0.717, 1.165) is 94.4 Å². The maximum absolute atomic E-state index is 14.3. The van der Waals surface area contributed by atoms with Gasteiger partial charge in [-0.15, -0.1) is 0 Å². The normalized spacial score (nSPS) is 25.2. The first-order valence-corrected chi connectivity index (χ1v) is 21.9. The molecule has 3 N–H and O–H groups in total. The maximum Gasteiger partial charge on any atom is 0.284 e. The van der Waals surface area contributed by atoms with Gasteiger partial charge in [0.05, 0.1) is 29.1 Å². The van der Waals surface area contributed by atoms with Gasteiger partial charge in [0.1, 0.15) is 11.6 Å². The van der Waals surface area contributed by atoms with Crippen LogP contribution in [0.1, 0.15) is 138 Å². The van der Waals surface area contributed by atoms with Crippen LogP contribution >= 0.6 is 0 Å². The van der Waals surface area contributed by atoms with E-state index in [1.54, 1.807) is 29.1 Å². The van der Waals surface area contributed by atoms with Crippen LogP contribution < -0.4 is 16.0 Å². The van der Waals surface area contributed by atoms with Gasteiger partial charge in [-0.1, -0.05) is 6.07 Å². The predicted molar refractivity (Wildman–Crippen MR) is 224 cm³/mol. The highest BCUT2D eigenvalue weighted by atomic mass is 19.3. The van der Waals surface area contributed by atoms with Gasteiger partial charge in [-0.25, -0.2) is 18.3 Å². The van der Waals surface area contributed by atoms with Crippen molar-refractivity contribution in [2.24, 2.45) is 5.92 Å². The van der Waals surface area contributed by atoms with Crippen LogP contribution in [0.4, 0.5) is 20.2 Å². The zero-order chi connectivity index (χ0) is 43.2. The minimum absolute atomic E-state index is 0.00583. The zero-order valence-electron chi connectivity index (χ0n) is 35.1. The summed E-state index contributed by atoms with van der Waals surface area (Å²) in [5.41, 5.74) is 2.17. The average molecular weight is 854 g/mol. The first-order valence-electron chi connectivity index (χ1n) is 21.9. The molecule has 2 saturated heterocycles. The fraction of sp³-hybridized carbons (Fsp3) is 0.545. The van der Waals surface area contributed by atoms with Crippen molar-refractivity contribution >= 4 is 46.6 Å². The summed E-state index contributed by atoms with van der Waals surface area (Å²) >= 11 is 0.